The van der Waals surface area contributed by atoms with Gasteiger partial charge in [-0.1, -0.05) is 6.07 Å². The van der Waals surface area contributed by atoms with Crippen LogP contribution >= 0.6 is 0 Å². The van der Waals surface area contributed by atoms with E-state index in [-0.39, 0.29) is 21.8 Å². The Labute approximate surface area is 258 Å². The van der Waals surface area contributed by atoms with Gasteiger partial charge in [0.15, 0.2) is 9.84 Å². The molecule has 0 radical (unpaired) electrons. The van der Waals surface area contributed by atoms with Gasteiger partial charge in [0.25, 0.3) is 5.91 Å². The van der Waals surface area contributed by atoms with Gasteiger partial charge in [0.2, 0.25) is 10.0 Å². The van der Waals surface area contributed by atoms with Crippen molar-refractivity contribution in [3.05, 3.63) is 96.6 Å². The smallest absolute Gasteiger partial charge is 0.255 e. The van der Waals surface area contributed by atoms with Gasteiger partial charge in [0, 0.05) is 48.6 Å². The number of anilines is 1. The van der Waals surface area contributed by atoms with Gasteiger partial charge in [-0.3, -0.25) is 13.7 Å². The second kappa shape index (κ2) is 10.9. The van der Waals surface area contributed by atoms with Gasteiger partial charge in [0.1, 0.15) is 23.5 Å². The summed E-state index contributed by atoms with van der Waals surface area (Å²) in [6, 6.07) is 20.6. The second-order valence-corrected chi connectivity index (χ2v) is 14.6. The number of benzene rings is 4. The molecule has 4 aromatic carbocycles. The molecular weight excluding hydrogens is 620 g/mol. The van der Waals surface area contributed by atoms with E-state index in [1.54, 1.807) is 47.3 Å². The first-order valence-corrected chi connectivity index (χ1v) is 17.3. The molecule has 2 heterocycles. The van der Waals surface area contributed by atoms with Crippen molar-refractivity contribution < 1.29 is 30.4 Å². The van der Waals surface area contributed by atoms with Crippen molar-refractivity contribution in [2.45, 2.75) is 4.90 Å². The number of hydrogen-bond donors (Lipinski definition) is 1. The minimum Gasteiger partial charge on any atom is -0.455 e. The summed E-state index contributed by atoms with van der Waals surface area (Å²) in [5.41, 5.74) is 4.37. The Bertz CT molecular complexity index is 2350. The van der Waals surface area contributed by atoms with Crippen LogP contribution in [0.25, 0.3) is 50.1 Å². The number of halogens is 1. The highest BCUT2D eigenvalue weighted by Gasteiger charge is 2.26. The number of amides is 1. The highest BCUT2D eigenvalue weighted by molar-refractivity contribution is 7.92. The first-order chi connectivity index (χ1) is 21.3. The van der Waals surface area contributed by atoms with E-state index >= 15 is 0 Å². The molecule has 0 spiro atoms. The number of rotatable bonds is 7. The van der Waals surface area contributed by atoms with Crippen LogP contribution in [-0.2, 0) is 19.9 Å². The van der Waals surface area contributed by atoms with Crippen molar-refractivity contribution in [2.75, 3.05) is 30.9 Å². The first kappa shape index (κ1) is 30.0. The van der Waals surface area contributed by atoms with E-state index in [4.69, 9.17) is 4.42 Å². The van der Waals surface area contributed by atoms with E-state index < -0.39 is 31.6 Å². The number of imidazole rings is 1. The van der Waals surface area contributed by atoms with Gasteiger partial charge in [-0.2, -0.15) is 0 Å². The van der Waals surface area contributed by atoms with Crippen LogP contribution in [0, 0.1) is 5.82 Å². The van der Waals surface area contributed by atoms with Crippen LogP contribution in [0.2, 0.25) is 0 Å². The third kappa shape index (κ3) is 5.44. The molecule has 6 rings (SSSR count). The molecule has 0 saturated heterocycles. The Morgan fingerprint density at radius 1 is 0.911 bits per heavy atom. The Morgan fingerprint density at radius 2 is 1.58 bits per heavy atom. The predicted octanol–water partition coefficient (Wildman–Crippen LogP) is 5.40. The van der Waals surface area contributed by atoms with Gasteiger partial charge in [0.05, 0.1) is 33.4 Å². The molecule has 45 heavy (non-hydrogen) atoms. The predicted molar refractivity (Wildman–Crippen MR) is 171 cm³/mol. The minimum atomic E-state index is -3.73. The molecule has 2 aromatic heterocycles. The molecule has 0 atom stereocenters. The van der Waals surface area contributed by atoms with Crippen LogP contribution < -0.4 is 9.62 Å². The van der Waals surface area contributed by atoms with E-state index in [1.165, 1.54) is 50.5 Å². The molecule has 6 aromatic rings. The Morgan fingerprint density at radius 3 is 2.20 bits per heavy atom. The fraction of sp³-hybridized carbons (Fsp3) is 0.125. The number of fused-ring (bicyclic) bond motifs is 2. The molecule has 0 aliphatic heterocycles. The van der Waals surface area contributed by atoms with E-state index in [2.05, 4.69) is 10.3 Å². The van der Waals surface area contributed by atoms with E-state index in [9.17, 15) is 26.0 Å². The lowest BCUT2D eigenvalue weighted by atomic mass is 9.98. The highest BCUT2D eigenvalue weighted by atomic mass is 32.2. The minimum absolute atomic E-state index is 0.185. The summed E-state index contributed by atoms with van der Waals surface area (Å²) in [6.45, 7) is 0. The number of hydrogen-bond acceptors (Lipinski definition) is 7. The zero-order valence-corrected chi connectivity index (χ0v) is 26.2. The van der Waals surface area contributed by atoms with E-state index in [0.29, 0.717) is 44.5 Å². The standard InChI is InChI=1S/C32H27FN4O6S2/c1-34-32(38)30-25-16-24(27(36(2)45(4,41)42)17-29(25)43-31(30)19-5-8-21(33)9-6-19)20-7-14-26-28(15-20)37(18-35-26)22-10-12-23(13-11-22)44(3,39)40/h5-18H,1-4H3,(H,34,38). The Kier molecular flexibility index (Phi) is 7.25. The van der Waals surface area contributed by atoms with Gasteiger partial charge < -0.3 is 9.73 Å². The maximum atomic E-state index is 13.7. The number of nitrogens with one attached hydrogen (secondary N) is 1. The van der Waals surface area contributed by atoms with Crippen LogP contribution in [0.3, 0.4) is 0 Å². The highest BCUT2D eigenvalue weighted by Crippen LogP contribution is 2.42. The van der Waals surface area contributed by atoms with Crippen LogP contribution in [0.5, 0.6) is 0 Å². The Balaban J connectivity index is 1.60. The molecule has 10 nitrogen and oxygen atoms in total. The van der Waals surface area contributed by atoms with Crippen LogP contribution in [0.15, 0.2) is 94.5 Å². The lowest BCUT2D eigenvalue weighted by molar-refractivity contribution is 0.0964. The quantitative estimate of drug-likeness (QED) is 0.246. The summed E-state index contributed by atoms with van der Waals surface area (Å²) in [4.78, 5) is 17.9. The maximum Gasteiger partial charge on any atom is 0.255 e. The van der Waals surface area contributed by atoms with Crippen LogP contribution in [0.1, 0.15) is 10.4 Å². The lowest BCUT2D eigenvalue weighted by Crippen LogP contribution is -2.25. The number of carbonyl (C=O) groups is 1. The molecule has 13 heteroatoms. The summed E-state index contributed by atoms with van der Waals surface area (Å²) >= 11 is 0. The summed E-state index contributed by atoms with van der Waals surface area (Å²) in [5, 5.41) is 3.06. The topological polar surface area (TPSA) is 132 Å². The molecular formula is C32H27FN4O6S2. The largest absolute Gasteiger partial charge is 0.455 e. The van der Waals surface area contributed by atoms with Gasteiger partial charge in [-0.25, -0.2) is 26.2 Å². The van der Waals surface area contributed by atoms with E-state index in [0.717, 1.165) is 16.8 Å². The molecule has 0 fully saturated rings. The van der Waals surface area contributed by atoms with Crippen molar-refractivity contribution >= 4 is 53.5 Å². The first-order valence-electron chi connectivity index (χ1n) is 13.6. The maximum absolute atomic E-state index is 13.7. The number of carbonyl (C=O) groups excluding carboxylic acids is 1. The van der Waals surface area contributed by atoms with Crippen LogP contribution in [-0.4, -0.2) is 58.9 Å². The van der Waals surface area contributed by atoms with Crippen molar-refractivity contribution in [1.29, 1.82) is 0 Å². The number of sulfone groups is 1. The Hall–Kier alpha value is -5.01. The SMILES string of the molecule is CNC(=O)c1c(-c2ccc(F)cc2)oc2cc(N(C)S(C)(=O)=O)c(-c3ccc4ncn(-c5ccc(S(C)(=O)=O)cc5)c4c3)cc12. The monoisotopic (exact) mass is 646 g/mol. The second-order valence-electron chi connectivity index (χ2n) is 10.6. The molecule has 0 saturated carbocycles. The van der Waals surface area contributed by atoms with Gasteiger partial charge >= 0.3 is 0 Å². The molecule has 0 bridgehead atoms. The summed E-state index contributed by atoms with van der Waals surface area (Å²) in [5.74, 6) is -0.675. The average molecular weight is 647 g/mol. The van der Waals surface area contributed by atoms with Crippen molar-refractivity contribution in [1.82, 2.24) is 14.9 Å². The van der Waals surface area contributed by atoms with Crippen molar-refractivity contribution in [2.24, 2.45) is 0 Å². The van der Waals surface area contributed by atoms with Gasteiger partial charge in [-0.15, -0.1) is 0 Å². The molecule has 1 N–H and O–H groups in total. The van der Waals surface area contributed by atoms with E-state index in [1.807, 2.05) is 6.07 Å². The summed E-state index contributed by atoms with van der Waals surface area (Å²) in [6.07, 6.45) is 3.84. The number of nitrogens with zero attached hydrogens (tertiary/aromatic N) is 3. The molecule has 0 aliphatic rings. The molecule has 230 valence electrons. The third-order valence-corrected chi connectivity index (χ3v) is 9.92. The average Bonchev–Trinajstić information content (AvgIpc) is 3.60. The lowest BCUT2D eigenvalue weighted by Gasteiger charge is -2.21. The zero-order valence-electron chi connectivity index (χ0n) is 24.6. The van der Waals surface area contributed by atoms with Crippen LogP contribution in [0.4, 0.5) is 10.1 Å². The third-order valence-electron chi connectivity index (χ3n) is 7.60. The number of sulfonamides is 1. The van der Waals surface area contributed by atoms with Crippen molar-refractivity contribution in [3.8, 4) is 28.1 Å². The van der Waals surface area contributed by atoms with Gasteiger partial charge in [-0.05, 0) is 72.3 Å². The molecule has 0 aliphatic carbocycles. The number of furan rings is 1. The van der Waals surface area contributed by atoms with Crippen molar-refractivity contribution in [3.63, 3.8) is 0 Å². The normalized spacial score (nSPS) is 12.1. The molecule has 1 amide bonds. The fourth-order valence-corrected chi connectivity index (χ4v) is 6.33. The fourth-order valence-electron chi connectivity index (χ4n) is 5.19. The zero-order chi connectivity index (χ0) is 32.3. The number of aromatic nitrogens is 2. The summed E-state index contributed by atoms with van der Waals surface area (Å²) < 4.78 is 72.3. The summed E-state index contributed by atoms with van der Waals surface area (Å²) in [7, 11) is -4.20. The molecule has 0 unspecified atom stereocenters.